The van der Waals surface area contributed by atoms with E-state index in [4.69, 9.17) is 24.7 Å². The average molecular weight is 1050 g/mol. The molecule has 0 fully saturated rings. The first-order valence-corrected chi connectivity index (χ1v) is 24.1. The predicted molar refractivity (Wildman–Crippen MR) is 279 cm³/mol. The third-order valence-corrected chi connectivity index (χ3v) is 11.2. The van der Waals surface area contributed by atoms with Gasteiger partial charge in [-0.1, -0.05) is 22.7 Å². The molecule has 0 unspecified atom stereocenters. The van der Waals surface area contributed by atoms with Crippen LogP contribution in [0.2, 0.25) is 0 Å². The van der Waals surface area contributed by atoms with Crippen molar-refractivity contribution in [3.63, 3.8) is 0 Å². The molecular weight excluding hydrogens is 997 g/mol. The fourth-order valence-corrected chi connectivity index (χ4v) is 8.16. The molecule has 0 saturated carbocycles. The Morgan fingerprint density at radius 3 is 1.36 bits per heavy atom. The van der Waals surface area contributed by atoms with E-state index >= 15 is 0 Å². The van der Waals surface area contributed by atoms with Gasteiger partial charge in [0, 0.05) is 48.0 Å². The summed E-state index contributed by atoms with van der Waals surface area (Å²) in [6.45, 7) is 21.2. The first-order valence-electron chi connectivity index (χ1n) is 22.5. The van der Waals surface area contributed by atoms with Gasteiger partial charge >= 0.3 is 24.4 Å². The van der Waals surface area contributed by atoms with E-state index in [1.54, 1.807) is 132 Å². The summed E-state index contributed by atoms with van der Waals surface area (Å²) < 4.78 is 24.4. The molecule has 0 radical (unpaired) electrons. The van der Waals surface area contributed by atoms with E-state index in [0.29, 0.717) is 65.1 Å². The van der Waals surface area contributed by atoms with Crippen molar-refractivity contribution in [2.45, 2.75) is 105 Å². The van der Waals surface area contributed by atoms with Crippen molar-refractivity contribution in [1.82, 2.24) is 49.9 Å². The second kappa shape index (κ2) is 20.5. The number of aromatic nitrogens is 10. The minimum atomic E-state index is -0.807. The Morgan fingerprint density at radius 2 is 0.973 bits per heavy atom. The van der Waals surface area contributed by atoms with Crippen LogP contribution in [0.3, 0.4) is 0 Å². The SMILES string of the molecule is CC(C)(C)OC(=O)N(c1ccc2c(cnn2C(=O)OC(C)(C)C)c1)c1nnc(-c2cncc(N)c2)s1.CC(C)(C)OC(=O)N(c1ccc2c(cnn2C(=O)OC(C)(C)C)c1)c1nnc(-c2cncc([N+](=O)[O-])c2)s1.[HH]. The molecule has 26 heteroatoms. The Balaban J connectivity index is 0.000000241. The van der Waals surface area contributed by atoms with Gasteiger partial charge in [-0.05, 0) is 126 Å². The van der Waals surface area contributed by atoms with Crippen LogP contribution in [0, 0.1) is 10.1 Å². The third-order valence-electron chi connectivity index (χ3n) is 9.30. The number of ether oxygens (including phenoxy) is 4. The van der Waals surface area contributed by atoms with Crippen LogP contribution in [-0.4, -0.2) is 102 Å². The molecule has 388 valence electrons. The van der Waals surface area contributed by atoms with Crippen molar-refractivity contribution >= 4 is 102 Å². The summed E-state index contributed by atoms with van der Waals surface area (Å²) in [5.41, 5.74) is 6.13. The Labute approximate surface area is 432 Å². The number of carbonyl (C=O) groups is 4. The highest BCUT2D eigenvalue weighted by Crippen LogP contribution is 2.38. The van der Waals surface area contributed by atoms with Gasteiger partial charge in [-0.15, -0.1) is 20.4 Å². The van der Waals surface area contributed by atoms with Crippen LogP contribution in [-0.2, 0) is 18.9 Å². The molecule has 0 aliphatic heterocycles. The maximum Gasteiger partial charge on any atom is 0.435 e. The van der Waals surface area contributed by atoms with Crippen molar-refractivity contribution in [1.29, 1.82) is 0 Å². The number of carbonyl (C=O) groups excluding carboxylic acids is 4. The lowest BCUT2D eigenvalue weighted by atomic mass is 10.2. The lowest BCUT2D eigenvalue weighted by molar-refractivity contribution is -0.385. The summed E-state index contributed by atoms with van der Waals surface area (Å²) in [5.74, 6) is 0. The molecule has 8 aromatic rings. The summed E-state index contributed by atoms with van der Waals surface area (Å²) in [5, 5.41) is 38.7. The minimum absolute atomic E-state index is 0. The highest BCUT2D eigenvalue weighted by molar-refractivity contribution is 7.19. The minimum Gasteiger partial charge on any atom is -0.443 e. The number of hydrogen-bond donors (Lipinski definition) is 1. The molecule has 0 bridgehead atoms. The summed E-state index contributed by atoms with van der Waals surface area (Å²) in [4.78, 5) is 72.9. The topological polar surface area (TPSA) is 294 Å². The second-order valence-corrected chi connectivity index (χ2v) is 22.1. The number of nitro groups is 1. The van der Waals surface area contributed by atoms with Gasteiger partial charge in [-0.3, -0.25) is 20.1 Å². The average Bonchev–Trinajstić information content (AvgIpc) is 4.12. The van der Waals surface area contributed by atoms with Gasteiger partial charge in [0.2, 0.25) is 10.3 Å². The molecule has 2 aromatic carbocycles. The van der Waals surface area contributed by atoms with Crippen LogP contribution in [0.4, 0.5) is 52.2 Å². The lowest BCUT2D eigenvalue weighted by Crippen LogP contribution is -2.33. The van der Waals surface area contributed by atoms with E-state index in [2.05, 4.69) is 40.6 Å². The summed E-state index contributed by atoms with van der Waals surface area (Å²) in [7, 11) is 0. The van der Waals surface area contributed by atoms with Gasteiger partial charge in [0.15, 0.2) is 10.0 Å². The number of hydrogen-bond acceptors (Lipinski definition) is 21. The van der Waals surface area contributed by atoms with Gasteiger partial charge in [0.1, 0.15) is 28.6 Å². The van der Waals surface area contributed by atoms with Crippen molar-refractivity contribution < 1.29 is 44.5 Å². The van der Waals surface area contributed by atoms with Gasteiger partial charge in [0.05, 0.1) is 45.4 Å². The smallest absolute Gasteiger partial charge is 0.435 e. The zero-order valence-electron chi connectivity index (χ0n) is 42.4. The maximum atomic E-state index is 13.3. The molecule has 8 rings (SSSR count). The van der Waals surface area contributed by atoms with Crippen molar-refractivity contribution in [2.24, 2.45) is 0 Å². The zero-order chi connectivity index (χ0) is 54.1. The number of nitrogens with zero attached hydrogens (tertiary/aromatic N) is 13. The summed E-state index contributed by atoms with van der Waals surface area (Å²) in [6, 6.07) is 13.0. The second-order valence-electron chi connectivity index (χ2n) is 20.2. The van der Waals surface area contributed by atoms with Crippen LogP contribution in [0.25, 0.3) is 42.9 Å². The molecule has 2 amide bonds. The van der Waals surface area contributed by atoms with E-state index in [1.807, 2.05) is 0 Å². The van der Waals surface area contributed by atoms with E-state index in [1.165, 1.54) is 56.7 Å². The fourth-order valence-electron chi connectivity index (χ4n) is 6.49. The summed E-state index contributed by atoms with van der Waals surface area (Å²) >= 11 is 2.22. The van der Waals surface area contributed by atoms with Crippen LogP contribution in [0.5, 0.6) is 0 Å². The van der Waals surface area contributed by atoms with Crippen LogP contribution in [0.1, 0.15) is 84.5 Å². The number of pyridine rings is 2. The first-order chi connectivity index (χ1) is 34.5. The fraction of sp³-hybridized carbons (Fsp3) is 0.333. The number of fused-ring (bicyclic) bond motifs is 2. The molecule has 0 saturated heterocycles. The molecule has 24 nitrogen and oxygen atoms in total. The van der Waals surface area contributed by atoms with E-state index in [9.17, 15) is 29.3 Å². The quantitative estimate of drug-likeness (QED) is 0.0881. The number of nitrogens with two attached hydrogens (primary N) is 1. The lowest BCUT2D eigenvalue weighted by Gasteiger charge is -2.25. The van der Waals surface area contributed by atoms with Gasteiger partial charge in [-0.2, -0.15) is 19.6 Å². The Hall–Kier alpha value is -8.52. The zero-order valence-corrected chi connectivity index (χ0v) is 44.0. The highest BCUT2D eigenvalue weighted by atomic mass is 32.1. The normalized spacial score (nSPS) is 11.9. The maximum absolute atomic E-state index is 13.3. The number of benzene rings is 2. The molecular formula is C48H54N14O10S2. The molecule has 0 spiro atoms. The molecule has 6 aromatic heterocycles. The van der Waals surface area contributed by atoms with Gasteiger partial charge in [-0.25, -0.2) is 29.0 Å². The third kappa shape index (κ3) is 13.1. The standard InChI is InChI=1S/C24H25N7O6S.C24H27N7O4S.H2/c1-23(2,3)36-21(32)29(20-28-27-19(38-20)15-10-17(31(34)35)13-25-11-15)16-7-8-18-14(9-16)12-26-30(18)22(33)37-24(4,5)6;1-23(2,3)34-21(32)30(20-29-28-19(36-20)15-9-16(25)13-26-11-15)17-7-8-18-14(10-17)12-27-31(18)22(33)35-24(4,5)6;/h7-13H,1-6H3;7-13H,25H2,1-6H3;1H. The first kappa shape index (κ1) is 53.3. The number of amides is 2. The van der Waals surface area contributed by atoms with Crippen LogP contribution < -0.4 is 15.5 Å². The number of rotatable bonds is 7. The van der Waals surface area contributed by atoms with Crippen LogP contribution in [0.15, 0.2) is 85.7 Å². The largest absolute Gasteiger partial charge is 0.443 e. The molecule has 2 N–H and O–H groups in total. The van der Waals surface area contributed by atoms with Crippen LogP contribution >= 0.6 is 22.7 Å². The molecule has 0 atom stereocenters. The molecule has 0 aliphatic carbocycles. The highest BCUT2D eigenvalue weighted by Gasteiger charge is 2.31. The number of nitrogen functional groups attached to an aromatic ring is 1. The summed E-state index contributed by atoms with van der Waals surface area (Å²) in [6.07, 6.45) is 6.14. The van der Waals surface area contributed by atoms with Crippen molar-refractivity contribution in [2.75, 3.05) is 15.5 Å². The Bertz CT molecular complexity index is 3420. The number of anilines is 5. The molecule has 74 heavy (non-hydrogen) atoms. The van der Waals surface area contributed by atoms with E-state index in [0.717, 1.165) is 22.2 Å². The molecule has 0 aliphatic rings. The predicted octanol–water partition coefficient (Wildman–Crippen LogP) is 11.3. The van der Waals surface area contributed by atoms with E-state index < -0.39 is 51.7 Å². The monoisotopic (exact) mass is 1050 g/mol. The Kier molecular flexibility index (Phi) is 14.8. The van der Waals surface area contributed by atoms with Gasteiger partial charge in [0.25, 0.3) is 5.69 Å². The van der Waals surface area contributed by atoms with Gasteiger partial charge < -0.3 is 24.7 Å². The molecule has 6 heterocycles. The van der Waals surface area contributed by atoms with Crippen molar-refractivity contribution in [3.8, 4) is 21.1 Å². The van der Waals surface area contributed by atoms with Crippen molar-refractivity contribution in [3.05, 3.63) is 95.8 Å². The van der Waals surface area contributed by atoms with E-state index in [-0.39, 0.29) is 12.2 Å². The Morgan fingerprint density at radius 1 is 0.568 bits per heavy atom.